The molecule has 0 fully saturated rings. The summed E-state index contributed by atoms with van der Waals surface area (Å²) in [6, 6.07) is 6.36. The largest absolute Gasteiger partial charge is 0.482 e. The second kappa shape index (κ2) is 7.31. The molecule has 0 saturated carbocycles. The second-order valence-electron chi connectivity index (χ2n) is 5.80. The predicted octanol–water partition coefficient (Wildman–Crippen LogP) is 2.72. The zero-order valence-electron chi connectivity index (χ0n) is 12.4. The smallest absolute Gasteiger partial charge is 0.305 e. The number of nitrogens with one attached hydrogen (secondary N) is 1. The molecule has 0 heterocycles. The quantitative estimate of drug-likeness (QED) is 0.846. The van der Waals surface area contributed by atoms with Crippen LogP contribution in [0.15, 0.2) is 24.3 Å². The molecule has 0 aliphatic rings. The highest BCUT2D eigenvalue weighted by atomic mass is 35.5. The minimum Gasteiger partial charge on any atom is -0.482 e. The number of benzene rings is 1. The van der Waals surface area contributed by atoms with Crippen molar-refractivity contribution in [2.75, 3.05) is 6.61 Å². The van der Waals surface area contributed by atoms with Gasteiger partial charge in [-0.05, 0) is 17.5 Å². The molecule has 0 aliphatic heterocycles. The fraction of sp³-hybridized carbons (Fsp3) is 0.467. The summed E-state index contributed by atoms with van der Waals surface area (Å²) in [5, 5.41) is 12.0. The first-order valence-corrected chi connectivity index (χ1v) is 6.96. The van der Waals surface area contributed by atoms with Crippen LogP contribution in [0.2, 0.25) is 5.02 Å². The molecule has 21 heavy (non-hydrogen) atoms. The van der Waals surface area contributed by atoms with E-state index in [1.165, 1.54) is 0 Å². The van der Waals surface area contributed by atoms with E-state index in [0.29, 0.717) is 10.8 Å². The Labute approximate surface area is 129 Å². The molecular weight excluding hydrogens is 294 g/mol. The molecule has 0 spiro atoms. The highest BCUT2D eigenvalue weighted by molar-refractivity contribution is 6.32. The van der Waals surface area contributed by atoms with Crippen molar-refractivity contribution in [1.29, 1.82) is 0 Å². The Kier molecular flexibility index (Phi) is 6.03. The summed E-state index contributed by atoms with van der Waals surface area (Å²) in [6.45, 7) is 5.40. The van der Waals surface area contributed by atoms with E-state index in [4.69, 9.17) is 21.4 Å². The van der Waals surface area contributed by atoms with Crippen molar-refractivity contribution in [3.63, 3.8) is 0 Å². The molecule has 0 aliphatic carbocycles. The van der Waals surface area contributed by atoms with E-state index in [1.54, 1.807) is 24.3 Å². The SMILES string of the molecule is CC(C)(C)C(CC(=O)O)NC(=O)COc1ccccc1Cl. The van der Waals surface area contributed by atoms with E-state index in [-0.39, 0.29) is 24.3 Å². The predicted molar refractivity (Wildman–Crippen MR) is 80.6 cm³/mol. The van der Waals surface area contributed by atoms with Gasteiger partial charge in [0.25, 0.3) is 5.91 Å². The number of ether oxygens (including phenoxy) is 1. The van der Waals surface area contributed by atoms with Crippen LogP contribution < -0.4 is 10.1 Å². The van der Waals surface area contributed by atoms with E-state index < -0.39 is 12.0 Å². The summed E-state index contributed by atoms with van der Waals surface area (Å²) < 4.78 is 5.33. The maximum absolute atomic E-state index is 11.9. The van der Waals surface area contributed by atoms with Crippen molar-refractivity contribution in [2.24, 2.45) is 5.41 Å². The normalized spacial score (nSPS) is 12.6. The highest BCUT2D eigenvalue weighted by Gasteiger charge is 2.28. The molecule has 1 atom stereocenters. The van der Waals surface area contributed by atoms with Gasteiger partial charge in [0.1, 0.15) is 5.75 Å². The summed E-state index contributed by atoms with van der Waals surface area (Å²) in [4.78, 5) is 22.8. The first kappa shape index (κ1) is 17.3. The summed E-state index contributed by atoms with van der Waals surface area (Å²) >= 11 is 5.92. The lowest BCUT2D eigenvalue weighted by Gasteiger charge is -2.30. The molecule has 0 aromatic heterocycles. The molecule has 0 radical (unpaired) electrons. The van der Waals surface area contributed by atoms with Crippen LogP contribution in [0.25, 0.3) is 0 Å². The lowest BCUT2D eigenvalue weighted by molar-refractivity contribution is -0.138. The van der Waals surface area contributed by atoms with Gasteiger partial charge in [0.15, 0.2) is 6.61 Å². The van der Waals surface area contributed by atoms with Gasteiger partial charge in [-0.1, -0.05) is 44.5 Å². The molecule has 0 bridgehead atoms. The molecule has 1 amide bonds. The molecular formula is C15H20ClNO4. The van der Waals surface area contributed by atoms with Crippen LogP contribution >= 0.6 is 11.6 Å². The lowest BCUT2D eigenvalue weighted by Crippen LogP contribution is -2.46. The Morgan fingerprint density at radius 3 is 2.48 bits per heavy atom. The minimum absolute atomic E-state index is 0.138. The van der Waals surface area contributed by atoms with Gasteiger partial charge in [0, 0.05) is 6.04 Å². The summed E-state index contributed by atoms with van der Waals surface area (Å²) in [5.41, 5.74) is -0.363. The topological polar surface area (TPSA) is 75.6 Å². The van der Waals surface area contributed by atoms with Crippen molar-refractivity contribution in [3.8, 4) is 5.75 Å². The average molecular weight is 314 g/mol. The number of carboxylic acids is 1. The fourth-order valence-electron chi connectivity index (χ4n) is 1.69. The summed E-state index contributed by atoms with van der Waals surface area (Å²) in [6.07, 6.45) is -0.138. The number of para-hydroxylation sites is 1. The minimum atomic E-state index is -0.956. The fourth-order valence-corrected chi connectivity index (χ4v) is 1.88. The van der Waals surface area contributed by atoms with Crippen molar-refractivity contribution in [1.82, 2.24) is 5.32 Å². The Hall–Kier alpha value is -1.75. The number of carboxylic acid groups (broad SMARTS) is 1. The Morgan fingerprint density at radius 2 is 1.95 bits per heavy atom. The van der Waals surface area contributed by atoms with Gasteiger partial charge in [-0.3, -0.25) is 9.59 Å². The third-order valence-electron chi connectivity index (χ3n) is 2.95. The van der Waals surface area contributed by atoms with Gasteiger partial charge in [-0.25, -0.2) is 0 Å². The number of halogens is 1. The van der Waals surface area contributed by atoms with Gasteiger partial charge in [0.05, 0.1) is 11.4 Å². The summed E-state index contributed by atoms with van der Waals surface area (Å²) in [5.74, 6) is -0.918. The number of amides is 1. The first-order chi connectivity index (χ1) is 9.70. The molecule has 6 heteroatoms. The number of carbonyl (C=O) groups excluding carboxylic acids is 1. The molecule has 1 rings (SSSR count). The van der Waals surface area contributed by atoms with E-state index in [9.17, 15) is 9.59 Å². The maximum atomic E-state index is 11.9. The Bertz CT molecular complexity index is 511. The number of rotatable bonds is 6. The van der Waals surface area contributed by atoms with Crippen LogP contribution in [0.1, 0.15) is 27.2 Å². The van der Waals surface area contributed by atoms with E-state index in [0.717, 1.165) is 0 Å². The third kappa shape index (κ3) is 6.04. The molecule has 1 aromatic rings. The van der Waals surface area contributed by atoms with Crippen LogP contribution in [0.3, 0.4) is 0 Å². The van der Waals surface area contributed by atoms with Crippen molar-refractivity contribution in [2.45, 2.75) is 33.2 Å². The second-order valence-corrected chi connectivity index (χ2v) is 6.21. The van der Waals surface area contributed by atoms with E-state index in [1.807, 2.05) is 20.8 Å². The van der Waals surface area contributed by atoms with Crippen LogP contribution in [-0.4, -0.2) is 29.6 Å². The zero-order valence-corrected chi connectivity index (χ0v) is 13.1. The van der Waals surface area contributed by atoms with Gasteiger partial charge in [-0.15, -0.1) is 0 Å². The molecule has 5 nitrogen and oxygen atoms in total. The van der Waals surface area contributed by atoms with Crippen LogP contribution in [-0.2, 0) is 9.59 Å². The van der Waals surface area contributed by atoms with Gasteiger partial charge in [-0.2, -0.15) is 0 Å². The van der Waals surface area contributed by atoms with Gasteiger partial charge < -0.3 is 15.2 Å². The lowest BCUT2D eigenvalue weighted by atomic mass is 9.85. The zero-order chi connectivity index (χ0) is 16.0. The number of aliphatic carboxylic acids is 1. The standard InChI is InChI=1S/C15H20ClNO4/c1-15(2,3)12(8-14(19)20)17-13(18)9-21-11-7-5-4-6-10(11)16/h4-7,12H,8-9H2,1-3H3,(H,17,18)(H,19,20). The monoisotopic (exact) mass is 313 g/mol. The van der Waals surface area contributed by atoms with Crippen molar-refractivity contribution in [3.05, 3.63) is 29.3 Å². The van der Waals surface area contributed by atoms with E-state index in [2.05, 4.69) is 5.32 Å². The number of hydrogen-bond donors (Lipinski definition) is 2. The van der Waals surface area contributed by atoms with Crippen LogP contribution in [0.4, 0.5) is 0 Å². The van der Waals surface area contributed by atoms with Crippen LogP contribution in [0, 0.1) is 5.41 Å². The third-order valence-corrected chi connectivity index (χ3v) is 3.27. The highest BCUT2D eigenvalue weighted by Crippen LogP contribution is 2.24. The number of hydrogen-bond acceptors (Lipinski definition) is 3. The van der Waals surface area contributed by atoms with Gasteiger partial charge >= 0.3 is 5.97 Å². The Morgan fingerprint density at radius 1 is 1.33 bits per heavy atom. The molecule has 0 saturated heterocycles. The number of carbonyl (C=O) groups is 2. The maximum Gasteiger partial charge on any atom is 0.305 e. The molecule has 1 aromatic carbocycles. The Balaban J connectivity index is 2.58. The molecule has 2 N–H and O–H groups in total. The van der Waals surface area contributed by atoms with Crippen molar-refractivity contribution < 1.29 is 19.4 Å². The summed E-state index contributed by atoms with van der Waals surface area (Å²) in [7, 11) is 0. The molecule has 1 unspecified atom stereocenters. The van der Waals surface area contributed by atoms with Crippen molar-refractivity contribution >= 4 is 23.5 Å². The van der Waals surface area contributed by atoms with Crippen LogP contribution in [0.5, 0.6) is 5.75 Å². The first-order valence-electron chi connectivity index (χ1n) is 6.58. The van der Waals surface area contributed by atoms with E-state index >= 15 is 0 Å². The average Bonchev–Trinajstić information content (AvgIpc) is 2.35. The van der Waals surface area contributed by atoms with Gasteiger partial charge in [0.2, 0.25) is 0 Å². The molecule has 116 valence electrons.